The molecule has 0 unspecified atom stereocenters. The van der Waals surface area contributed by atoms with Crippen LogP contribution in [-0.4, -0.2) is 50.5 Å². The van der Waals surface area contributed by atoms with Crippen molar-refractivity contribution in [1.29, 1.82) is 5.26 Å². The highest BCUT2D eigenvalue weighted by Gasteiger charge is 2.28. The lowest BCUT2D eigenvalue weighted by atomic mass is 9.93. The average Bonchev–Trinajstić information content (AvgIpc) is 3.37. The van der Waals surface area contributed by atoms with Crippen LogP contribution in [0.15, 0.2) is 24.4 Å². The number of fused-ring (bicyclic) bond motifs is 1. The van der Waals surface area contributed by atoms with E-state index in [4.69, 9.17) is 10.00 Å². The molecule has 0 radical (unpaired) electrons. The lowest BCUT2D eigenvalue weighted by Crippen LogP contribution is -2.45. The fourth-order valence-electron chi connectivity index (χ4n) is 4.62. The summed E-state index contributed by atoms with van der Waals surface area (Å²) in [5.74, 6) is 0.426. The molecule has 0 saturated carbocycles. The Morgan fingerprint density at radius 3 is 2.94 bits per heavy atom. The summed E-state index contributed by atoms with van der Waals surface area (Å²) < 4.78 is 6.94. The minimum absolute atomic E-state index is 0.165. The molecule has 2 aliphatic rings. The highest BCUT2D eigenvalue weighted by molar-refractivity contribution is 5.94. The summed E-state index contributed by atoms with van der Waals surface area (Å²) in [5.41, 5.74) is 7.27. The van der Waals surface area contributed by atoms with Crippen molar-refractivity contribution in [2.75, 3.05) is 19.6 Å². The molecule has 9 heteroatoms. The Morgan fingerprint density at radius 1 is 1.30 bits per heavy atom. The van der Waals surface area contributed by atoms with Gasteiger partial charge in [-0.15, -0.1) is 5.10 Å². The number of cyclic esters (lactones) is 1. The maximum absolute atomic E-state index is 11.9. The molecule has 9 nitrogen and oxygen atoms in total. The number of esters is 1. The summed E-state index contributed by atoms with van der Waals surface area (Å²) in [5, 5.41) is 21.5. The third-order valence-corrected chi connectivity index (χ3v) is 6.64. The zero-order valence-corrected chi connectivity index (χ0v) is 18.9. The van der Waals surface area contributed by atoms with Gasteiger partial charge >= 0.3 is 5.97 Å². The van der Waals surface area contributed by atoms with Gasteiger partial charge in [-0.3, -0.25) is 4.90 Å². The molecular formula is C24H25N7O2. The molecule has 0 bridgehead atoms. The maximum Gasteiger partial charge on any atom is 0.338 e. The Kier molecular flexibility index (Phi) is 5.40. The zero-order chi connectivity index (χ0) is 23.1. The van der Waals surface area contributed by atoms with Crippen molar-refractivity contribution in [2.45, 2.75) is 40.0 Å². The minimum atomic E-state index is -0.233. The van der Waals surface area contributed by atoms with Crippen LogP contribution in [0.25, 0.3) is 5.82 Å². The second kappa shape index (κ2) is 8.39. The number of carbonyl (C=O) groups excluding carboxylic acids is 1. The number of nitrogens with zero attached hydrogens (tertiary/aromatic N) is 6. The zero-order valence-electron chi connectivity index (χ0n) is 18.9. The van der Waals surface area contributed by atoms with E-state index in [-0.39, 0.29) is 12.0 Å². The van der Waals surface area contributed by atoms with E-state index in [1.807, 2.05) is 32.0 Å². The van der Waals surface area contributed by atoms with Crippen LogP contribution in [0, 0.1) is 32.1 Å². The summed E-state index contributed by atoms with van der Waals surface area (Å²) in [4.78, 5) is 18.6. The first kappa shape index (κ1) is 21.2. The first-order chi connectivity index (χ1) is 16.0. The lowest BCUT2D eigenvalue weighted by Gasteiger charge is -2.34. The molecule has 1 atom stereocenters. The number of nitrogens with one attached hydrogen (secondary N) is 1. The smallest absolute Gasteiger partial charge is 0.338 e. The van der Waals surface area contributed by atoms with Crippen molar-refractivity contribution in [3.63, 3.8) is 0 Å². The third-order valence-electron chi connectivity index (χ3n) is 6.64. The number of pyridine rings is 1. The van der Waals surface area contributed by atoms with E-state index >= 15 is 0 Å². The third kappa shape index (κ3) is 3.77. The molecule has 2 aromatic heterocycles. The number of benzene rings is 1. The Bertz CT molecular complexity index is 1290. The molecular weight excluding hydrogens is 418 g/mol. The Hall–Kier alpha value is -3.61. The Morgan fingerprint density at radius 2 is 2.15 bits per heavy atom. The van der Waals surface area contributed by atoms with Crippen LogP contribution >= 0.6 is 0 Å². The molecule has 3 aromatic rings. The van der Waals surface area contributed by atoms with Gasteiger partial charge in [0.25, 0.3) is 0 Å². The fourth-order valence-corrected chi connectivity index (χ4v) is 4.62. The van der Waals surface area contributed by atoms with E-state index in [1.165, 1.54) is 5.56 Å². The quantitative estimate of drug-likeness (QED) is 0.612. The number of hydrogen-bond donors (Lipinski definition) is 1. The number of nitriles is 1. The van der Waals surface area contributed by atoms with Crippen LogP contribution in [-0.2, 0) is 17.9 Å². The van der Waals surface area contributed by atoms with Crippen molar-refractivity contribution < 1.29 is 9.53 Å². The molecule has 168 valence electrons. The molecule has 1 aromatic carbocycles. The number of aromatic nitrogens is 4. The summed E-state index contributed by atoms with van der Waals surface area (Å²) in [7, 11) is 0. The fraction of sp³-hybridized carbons (Fsp3) is 0.375. The minimum Gasteiger partial charge on any atom is -0.457 e. The van der Waals surface area contributed by atoms with E-state index < -0.39 is 0 Å². The van der Waals surface area contributed by atoms with Crippen LogP contribution in [0.1, 0.15) is 55.6 Å². The van der Waals surface area contributed by atoms with E-state index in [0.29, 0.717) is 30.1 Å². The largest absolute Gasteiger partial charge is 0.457 e. The van der Waals surface area contributed by atoms with E-state index in [1.54, 1.807) is 10.9 Å². The SMILES string of the molecule is Cc1cc(-n2nnc(CN3CCN[C@H](c4ccc5c(c4C)COC5=O)C3)c2C)ncc1C#N. The van der Waals surface area contributed by atoms with E-state index in [2.05, 4.69) is 38.5 Å². The van der Waals surface area contributed by atoms with E-state index in [0.717, 1.165) is 47.7 Å². The van der Waals surface area contributed by atoms with Gasteiger partial charge in [0.1, 0.15) is 18.4 Å². The second-order valence-corrected chi connectivity index (χ2v) is 8.63. The van der Waals surface area contributed by atoms with Gasteiger partial charge in [-0.05, 0) is 49.6 Å². The predicted octanol–water partition coefficient (Wildman–Crippen LogP) is 2.28. The summed E-state index contributed by atoms with van der Waals surface area (Å²) in [6.45, 7) is 9.59. The van der Waals surface area contributed by atoms with Crippen molar-refractivity contribution >= 4 is 5.97 Å². The van der Waals surface area contributed by atoms with Gasteiger partial charge in [0, 0.05) is 44.0 Å². The molecule has 5 rings (SSSR count). The molecule has 1 N–H and O–H groups in total. The van der Waals surface area contributed by atoms with Gasteiger partial charge in [-0.1, -0.05) is 11.3 Å². The highest BCUT2D eigenvalue weighted by atomic mass is 16.5. The number of carbonyl (C=O) groups is 1. The number of hydrogen-bond acceptors (Lipinski definition) is 8. The predicted molar refractivity (Wildman–Crippen MR) is 120 cm³/mol. The monoisotopic (exact) mass is 443 g/mol. The first-order valence-corrected chi connectivity index (χ1v) is 11.0. The Labute approximate surface area is 192 Å². The van der Waals surface area contributed by atoms with Gasteiger partial charge in [0.2, 0.25) is 0 Å². The van der Waals surface area contributed by atoms with Crippen LogP contribution in [0.5, 0.6) is 0 Å². The number of aryl methyl sites for hydroxylation is 1. The van der Waals surface area contributed by atoms with Crippen LogP contribution in [0.3, 0.4) is 0 Å². The molecule has 33 heavy (non-hydrogen) atoms. The van der Waals surface area contributed by atoms with Crippen molar-refractivity contribution in [2.24, 2.45) is 0 Å². The molecule has 2 aliphatic heterocycles. The first-order valence-electron chi connectivity index (χ1n) is 11.0. The molecule has 0 aliphatic carbocycles. The van der Waals surface area contributed by atoms with Gasteiger partial charge in [-0.2, -0.15) is 9.94 Å². The van der Waals surface area contributed by atoms with Gasteiger partial charge in [0.15, 0.2) is 5.82 Å². The van der Waals surface area contributed by atoms with Crippen LogP contribution in [0.2, 0.25) is 0 Å². The molecule has 4 heterocycles. The van der Waals surface area contributed by atoms with Crippen molar-refractivity contribution in [3.8, 4) is 11.9 Å². The molecule has 1 fully saturated rings. The second-order valence-electron chi connectivity index (χ2n) is 8.63. The van der Waals surface area contributed by atoms with Gasteiger partial charge in [0.05, 0.1) is 16.8 Å². The summed E-state index contributed by atoms with van der Waals surface area (Å²) in [6.07, 6.45) is 1.57. The number of ether oxygens (including phenoxy) is 1. The van der Waals surface area contributed by atoms with Crippen LogP contribution < -0.4 is 5.32 Å². The summed E-state index contributed by atoms with van der Waals surface area (Å²) in [6, 6.07) is 8.09. The Balaban J connectivity index is 1.34. The van der Waals surface area contributed by atoms with Gasteiger partial charge < -0.3 is 10.1 Å². The number of rotatable bonds is 4. The number of piperazine rings is 1. The molecule has 1 saturated heterocycles. The molecule has 0 spiro atoms. The standard InChI is InChI=1S/C24H25N7O2/c1-14-8-23(27-10-17(14)9-25)31-16(3)21(28-29-31)11-30-7-6-26-22(12-30)18-4-5-19-20(15(18)2)13-33-24(19)32/h4-5,8,10,22,26H,6-7,11-13H2,1-3H3/t22-/m0/s1. The van der Waals surface area contributed by atoms with Crippen molar-refractivity contribution in [1.82, 2.24) is 30.2 Å². The van der Waals surface area contributed by atoms with Gasteiger partial charge in [-0.25, -0.2) is 9.78 Å². The topological polar surface area (TPSA) is 109 Å². The normalized spacial score (nSPS) is 18.1. The van der Waals surface area contributed by atoms with Crippen LogP contribution in [0.4, 0.5) is 0 Å². The highest BCUT2D eigenvalue weighted by Crippen LogP contribution is 2.30. The van der Waals surface area contributed by atoms with E-state index in [9.17, 15) is 4.79 Å². The average molecular weight is 444 g/mol. The van der Waals surface area contributed by atoms with Crippen molar-refractivity contribution in [3.05, 3.63) is 69.2 Å². The maximum atomic E-state index is 11.9. The lowest BCUT2D eigenvalue weighted by molar-refractivity contribution is 0.0535. The summed E-state index contributed by atoms with van der Waals surface area (Å²) >= 11 is 0. The molecule has 0 amide bonds.